The van der Waals surface area contributed by atoms with Gasteiger partial charge in [-0.2, -0.15) is 10.5 Å². The highest BCUT2D eigenvalue weighted by molar-refractivity contribution is 5.80. The number of H-pyrrole nitrogens is 1. The van der Waals surface area contributed by atoms with Crippen LogP contribution >= 0.6 is 0 Å². The van der Waals surface area contributed by atoms with Crippen molar-refractivity contribution in [1.82, 2.24) is 4.98 Å². The van der Waals surface area contributed by atoms with Crippen molar-refractivity contribution in [3.63, 3.8) is 0 Å². The molecular weight excluding hydrogens is 271 g/mol. The largest absolute Gasteiger partial charge is 0.384 e. The maximum atomic E-state index is 14.2. The molecule has 2 rings (SSSR count). The third-order valence-corrected chi connectivity index (χ3v) is 2.87. The Hall–Kier alpha value is -3.56. The first-order chi connectivity index (χ1) is 10.0. The van der Waals surface area contributed by atoms with Gasteiger partial charge in [0.25, 0.3) is 5.56 Å². The zero-order valence-corrected chi connectivity index (χ0v) is 10.6. The molecular formula is C15H7FN4O. The summed E-state index contributed by atoms with van der Waals surface area (Å²) >= 11 is 0. The second-order valence-electron chi connectivity index (χ2n) is 4.06. The molecule has 0 aliphatic rings. The standard InChI is InChI=1S/C15H7FN4O/c1-2-8-3-4-9(12(16)5-8)13-10(6-17)14(19)20-15(21)11(13)7-18/h1,3-5H,(H3,19,20,21). The number of pyridine rings is 1. The van der Waals surface area contributed by atoms with E-state index in [0.717, 1.165) is 6.07 Å². The maximum absolute atomic E-state index is 14.2. The highest BCUT2D eigenvalue weighted by Crippen LogP contribution is 2.30. The van der Waals surface area contributed by atoms with Gasteiger partial charge in [0.2, 0.25) is 0 Å². The number of nitrogens with two attached hydrogens (primary N) is 1. The molecule has 0 aliphatic carbocycles. The van der Waals surface area contributed by atoms with Crippen LogP contribution in [-0.4, -0.2) is 4.98 Å². The minimum absolute atomic E-state index is 0.0834. The van der Waals surface area contributed by atoms with Gasteiger partial charge in [-0.15, -0.1) is 6.42 Å². The van der Waals surface area contributed by atoms with E-state index < -0.39 is 11.4 Å². The summed E-state index contributed by atoms with van der Waals surface area (Å²) in [6.07, 6.45) is 5.17. The molecule has 0 atom stereocenters. The molecule has 0 radical (unpaired) electrons. The Balaban J connectivity index is 2.94. The van der Waals surface area contributed by atoms with Gasteiger partial charge in [-0.05, 0) is 12.1 Å². The summed E-state index contributed by atoms with van der Waals surface area (Å²) in [6.45, 7) is 0. The predicted molar refractivity (Wildman–Crippen MR) is 74.2 cm³/mol. The van der Waals surface area contributed by atoms with Gasteiger partial charge < -0.3 is 10.7 Å². The predicted octanol–water partition coefficient (Wildman–Crippen LogP) is 1.49. The molecule has 1 aromatic heterocycles. The number of aromatic amines is 1. The second kappa shape index (κ2) is 5.21. The maximum Gasteiger partial charge on any atom is 0.268 e. The molecule has 0 fully saturated rings. The number of halogens is 1. The highest BCUT2D eigenvalue weighted by Gasteiger charge is 2.20. The van der Waals surface area contributed by atoms with Crippen LogP contribution < -0.4 is 11.3 Å². The van der Waals surface area contributed by atoms with E-state index in [0.29, 0.717) is 5.56 Å². The number of rotatable bonds is 1. The normalized spacial score (nSPS) is 9.43. The van der Waals surface area contributed by atoms with Crippen LogP contribution in [0.3, 0.4) is 0 Å². The van der Waals surface area contributed by atoms with E-state index in [9.17, 15) is 9.18 Å². The molecule has 100 valence electrons. The topological polar surface area (TPSA) is 106 Å². The molecule has 0 saturated carbocycles. The number of nitriles is 2. The first-order valence-electron chi connectivity index (χ1n) is 5.66. The van der Waals surface area contributed by atoms with E-state index in [1.807, 2.05) is 0 Å². The van der Waals surface area contributed by atoms with Crippen LogP contribution in [0.1, 0.15) is 16.7 Å². The van der Waals surface area contributed by atoms with E-state index in [1.165, 1.54) is 12.1 Å². The van der Waals surface area contributed by atoms with Crippen molar-refractivity contribution in [2.45, 2.75) is 0 Å². The molecule has 1 aromatic carbocycles. The third kappa shape index (κ3) is 2.20. The summed E-state index contributed by atoms with van der Waals surface area (Å²) in [5, 5.41) is 18.2. The van der Waals surface area contributed by atoms with E-state index in [4.69, 9.17) is 22.7 Å². The molecule has 6 heteroatoms. The van der Waals surface area contributed by atoms with Gasteiger partial charge in [-0.25, -0.2) is 4.39 Å². The Labute approximate surface area is 119 Å². The van der Waals surface area contributed by atoms with Gasteiger partial charge in [0.05, 0.1) is 0 Å². The number of terminal acetylenes is 1. The highest BCUT2D eigenvalue weighted by atomic mass is 19.1. The number of hydrogen-bond acceptors (Lipinski definition) is 4. The first-order valence-corrected chi connectivity index (χ1v) is 5.66. The number of benzene rings is 1. The molecule has 3 N–H and O–H groups in total. The average Bonchev–Trinajstić information content (AvgIpc) is 2.46. The summed E-state index contributed by atoms with van der Waals surface area (Å²) in [4.78, 5) is 13.9. The molecule has 2 aromatic rings. The lowest BCUT2D eigenvalue weighted by Gasteiger charge is -2.09. The van der Waals surface area contributed by atoms with Gasteiger partial charge in [-0.3, -0.25) is 4.79 Å². The molecule has 1 heterocycles. The fourth-order valence-electron chi connectivity index (χ4n) is 1.92. The Morgan fingerprint density at radius 1 is 1.24 bits per heavy atom. The minimum Gasteiger partial charge on any atom is -0.384 e. The van der Waals surface area contributed by atoms with Crippen LogP contribution in [0, 0.1) is 40.8 Å². The van der Waals surface area contributed by atoms with Crippen molar-refractivity contribution < 1.29 is 4.39 Å². The summed E-state index contributed by atoms with van der Waals surface area (Å²) in [5.74, 6) is 1.29. The van der Waals surface area contributed by atoms with Crippen LogP contribution in [0.5, 0.6) is 0 Å². The molecule has 0 aliphatic heterocycles. The lowest BCUT2D eigenvalue weighted by atomic mass is 9.95. The van der Waals surface area contributed by atoms with Crippen LogP contribution in [-0.2, 0) is 0 Å². The fraction of sp³-hybridized carbons (Fsp3) is 0. The summed E-state index contributed by atoms with van der Waals surface area (Å²) < 4.78 is 14.2. The zero-order chi connectivity index (χ0) is 15.6. The lowest BCUT2D eigenvalue weighted by Crippen LogP contribution is -2.16. The van der Waals surface area contributed by atoms with Gasteiger partial charge in [0, 0.05) is 16.7 Å². The quantitative estimate of drug-likeness (QED) is 0.770. The summed E-state index contributed by atoms with van der Waals surface area (Å²) in [7, 11) is 0. The Kier molecular flexibility index (Phi) is 3.44. The monoisotopic (exact) mass is 278 g/mol. The smallest absolute Gasteiger partial charge is 0.268 e. The van der Waals surface area contributed by atoms with Gasteiger partial charge in [-0.1, -0.05) is 12.0 Å². The molecule has 21 heavy (non-hydrogen) atoms. The van der Waals surface area contributed by atoms with Crippen molar-refractivity contribution >= 4 is 5.82 Å². The number of nitrogens with zero attached hydrogens (tertiary/aromatic N) is 2. The van der Waals surface area contributed by atoms with Crippen LogP contribution in [0.4, 0.5) is 10.2 Å². The molecule has 0 amide bonds. The Morgan fingerprint density at radius 3 is 2.43 bits per heavy atom. The summed E-state index contributed by atoms with van der Waals surface area (Å²) in [5.41, 5.74) is 4.30. The van der Waals surface area contributed by atoms with E-state index in [1.54, 1.807) is 12.1 Å². The van der Waals surface area contributed by atoms with E-state index >= 15 is 0 Å². The van der Waals surface area contributed by atoms with Crippen LogP contribution in [0.2, 0.25) is 0 Å². The molecule has 0 spiro atoms. The van der Waals surface area contributed by atoms with Crippen molar-refractivity contribution in [3.8, 4) is 35.6 Å². The fourth-order valence-corrected chi connectivity index (χ4v) is 1.92. The van der Waals surface area contributed by atoms with Gasteiger partial charge in [0.15, 0.2) is 0 Å². The molecule has 0 bridgehead atoms. The SMILES string of the molecule is C#Cc1ccc(-c2c(C#N)c(N)[nH]c(=O)c2C#N)c(F)c1. The molecule has 0 saturated heterocycles. The zero-order valence-electron chi connectivity index (χ0n) is 10.6. The van der Waals surface area contributed by atoms with Gasteiger partial charge in [0.1, 0.15) is 34.9 Å². The number of aromatic nitrogens is 1. The molecule has 0 unspecified atom stereocenters. The van der Waals surface area contributed by atoms with Crippen molar-refractivity contribution in [2.75, 3.05) is 5.73 Å². The number of nitrogen functional groups attached to an aromatic ring is 1. The number of hydrogen-bond donors (Lipinski definition) is 2. The number of nitrogens with one attached hydrogen (secondary N) is 1. The first kappa shape index (κ1) is 13.9. The lowest BCUT2D eigenvalue weighted by molar-refractivity contribution is 0.631. The van der Waals surface area contributed by atoms with E-state index in [2.05, 4.69) is 10.9 Å². The van der Waals surface area contributed by atoms with Crippen molar-refractivity contribution in [1.29, 1.82) is 10.5 Å². The minimum atomic E-state index is -0.788. The second-order valence-corrected chi connectivity index (χ2v) is 4.06. The van der Waals surface area contributed by atoms with Crippen molar-refractivity contribution in [3.05, 3.63) is 51.1 Å². The van der Waals surface area contributed by atoms with E-state index in [-0.39, 0.29) is 28.1 Å². The Bertz CT molecular complexity index is 923. The van der Waals surface area contributed by atoms with Crippen molar-refractivity contribution in [2.24, 2.45) is 0 Å². The van der Waals surface area contributed by atoms with Crippen LogP contribution in [0.15, 0.2) is 23.0 Å². The third-order valence-electron chi connectivity index (χ3n) is 2.87. The average molecular weight is 278 g/mol. The Morgan fingerprint density at radius 2 is 1.90 bits per heavy atom. The number of anilines is 1. The van der Waals surface area contributed by atoms with Gasteiger partial charge >= 0.3 is 0 Å². The summed E-state index contributed by atoms with van der Waals surface area (Å²) in [6, 6.07) is 7.26. The van der Waals surface area contributed by atoms with Crippen LogP contribution in [0.25, 0.3) is 11.1 Å². The molecule has 5 nitrogen and oxygen atoms in total.